The van der Waals surface area contributed by atoms with E-state index in [0.717, 1.165) is 0 Å². The molecule has 1 heterocycles. The largest absolute Gasteiger partial charge is 0.481 e. The minimum Gasteiger partial charge on any atom is -0.481 e. The zero-order valence-corrected chi connectivity index (χ0v) is 11.7. The number of aliphatic carboxylic acids is 1. The fraction of sp³-hybridized carbons (Fsp3) is 0.846. The lowest BCUT2D eigenvalue weighted by Crippen LogP contribution is -2.44. The van der Waals surface area contributed by atoms with Gasteiger partial charge >= 0.3 is 12.1 Å². The van der Waals surface area contributed by atoms with E-state index in [2.05, 4.69) is 0 Å². The molecule has 1 aliphatic heterocycles. The molecule has 0 aliphatic carbocycles. The molecule has 1 amide bonds. The van der Waals surface area contributed by atoms with Crippen molar-refractivity contribution in [2.24, 2.45) is 0 Å². The fourth-order valence-electron chi connectivity index (χ4n) is 2.14. The molecule has 1 unspecified atom stereocenters. The van der Waals surface area contributed by atoms with Crippen molar-refractivity contribution in [2.75, 3.05) is 13.1 Å². The summed E-state index contributed by atoms with van der Waals surface area (Å²) in [7, 11) is 0. The second-order valence-corrected chi connectivity index (χ2v) is 6.08. The molecule has 19 heavy (non-hydrogen) atoms. The lowest BCUT2D eigenvalue weighted by atomic mass is 9.96. The number of nitrogens with zero attached hydrogens (tertiary/aromatic N) is 1. The van der Waals surface area contributed by atoms with Gasteiger partial charge in [0.1, 0.15) is 11.3 Å². The number of halogens is 1. The number of carboxylic acids is 1. The lowest BCUT2D eigenvalue weighted by molar-refractivity contribution is -0.140. The zero-order valence-electron chi connectivity index (χ0n) is 11.7. The second kappa shape index (κ2) is 5.75. The van der Waals surface area contributed by atoms with Crippen LogP contribution in [0.5, 0.6) is 0 Å². The van der Waals surface area contributed by atoms with Crippen molar-refractivity contribution in [1.82, 2.24) is 4.90 Å². The van der Waals surface area contributed by atoms with Crippen LogP contribution in [0.1, 0.15) is 46.5 Å². The van der Waals surface area contributed by atoms with E-state index in [9.17, 15) is 14.0 Å². The fourth-order valence-corrected chi connectivity index (χ4v) is 2.14. The highest BCUT2D eigenvalue weighted by molar-refractivity contribution is 5.70. The first-order chi connectivity index (χ1) is 8.61. The molecule has 0 aromatic carbocycles. The topological polar surface area (TPSA) is 66.8 Å². The van der Waals surface area contributed by atoms with Gasteiger partial charge in [-0.05, 0) is 40.0 Å². The molecule has 1 aliphatic rings. The standard InChI is InChI=1S/C13H22FNO4/c1-12(2,3)19-11(18)15-7-5-4-6-13(14,9-15)8-10(16)17/h4-9H2,1-3H3,(H,16,17). The lowest BCUT2D eigenvalue weighted by Gasteiger charge is -2.30. The highest BCUT2D eigenvalue weighted by Gasteiger charge is 2.38. The summed E-state index contributed by atoms with van der Waals surface area (Å²) >= 11 is 0. The second-order valence-electron chi connectivity index (χ2n) is 6.08. The Morgan fingerprint density at radius 3 is 2.53 bits per heavy atom. The Kier molecular flexibility index (Phi) is 4.76. The molecule has 6 heteroatoms. The quantitative estimate of drug-likeness (QED) is 0.841. The van der Waals surface area contributed by atoms with Gasteiger partial charge in [0.05, 0.1) is 13.0 Å². The summed E-state index contributed by atoms with van der Waals surface area (Å²) in [4.78, 5) is 23.9. The Balaban J connectivity index is 2.73. The first kappa shape index (κ1) is 15.7. The van der Waals surface area contributed by atoms with Gasteiger partial charge in [-0.2, -0.15) is 0 Å². The number of rotatable bonds is 2. The normalized spacial score (nSPS) is 24.7. The van der Waals surface area contributed by atoms with Gasteiger partial charge in [-0.15, -0.1) is 0 Å². The average molecular weight is 275 g/mol. The summed E-state index contributed by atoms with van der Waals surface area (Å²) in [5.74, 6) is -1.19. The summed E-state index contributed by atoms with van der Waals surface area (Å²) in [6.45, 7) is 5.41. The number of hydrogen-bond donors (Lipinski definition) is 1. The summed E-state index contributed by atoms with van der Waals surface area (Å²) in [5.41, 5.74) is -2.51. The molecule has 0 radical (unpaired) electrons. The molecule has 1 atom stereocenters. The van der Waals surface area contributed by atoms with Gasteiger partial charge in [-0.1, -0.05) is 0 Å². The number of amides is 1. The van der Waals surface area contributed by atoms with Crippen LogP contribution in [0, 0.1) is 0 Å². The number of likely N-dealkylation sites (tertiary alicyclic amines) is 1. The Morgan fingerprint density at radius 2 is 2.00 bits per heavy atom. The van der Waals surface area contributed by atoms with E-state index in [-0.39, 0.29) is 13.0 Å². The smallest absolute Gasteiger partial charge is 0.410 e. The maximum absolute atomic E-state index is 14.5. The van der Waals surface area contributed by atoms with Crippen molar-refractivity contribution in [1.29, 1.82) is 0 Å². The van der Waals surface area contributed by atoms with Crippen molar-refractivity contribution < 1.29 is 23.8 Å². The van der Waals surface area contributed by atoms with Gasteiger partial charge in [-0.25, -0.2) is 9.18 Å². The van der Waals surface area contributed by atoms with E-state index in [0.29, 0.717) is 19.4 Å². The van der Waals surface area contributed by atoms with E-state index in [4.69, 9.17) is 9.84 Å². The van der Waals surface area contributed by atoms with Crippen molar-refractivity contribution in [3.8, 4) is 0 Å². The van der Waals surface area contributed by atoms with Crippen LogP contribution in [-0.4, -0.2) is 46.4 Å². The molecule has 1 N–H and O–H groups in total. The first-order valence-corrected chi connectivity index (χ1v) is 6.50. The van der Waals surface area contributed by atoms with Crippen LogP contribution in [0.4, 0.5) is 9.18 Å². The Hall–Kier alpha value is -1.33. The number of ether oxygens (including phenoxy) is 1. The van der Waals surface area contributed by atoms with Gasteiger partial charge in [0.15, 0.2) is 0 Å². The third-order valence-corrected chi connectivity index (χ3v) is 2.90. The first-order valence-electron chi connectivity index (χ1n) is 6.50. The van der Waals surface area contributed by atoms with E-state index in [1.807, 2.05) is 0 Å². The molecule has 1 fully saturated rings. The molecule has 0 spiro atoms. The van der Waals surface area contributed by atoms with E-state index < -0.39 is 29.8 Å². The van der Waals surface area contributed by atoms with Gasteiger partial charge in [0.2, 0.25) is 0 Å². The van der Waals surface area contributed by atoms with Crippen molar-refractivity contribution in [3.05, 3.63) is 0 Å². The summed E-state index contributed by atoms with van der Waals surface area (Å²) in [6, 6.07) is 0. The summed E-state index contributed by atoms with van der Waals surface area (Å²) in [5, 5.41) is 8.76. The SMILES string of the molecule is CC(C)(C)OC(=O)N1CCCCC(F)(CC(=O)O)C1. The van der Waals surface area contributed by atoms with Gasteiger partial charge in [0.25, 0.3) is 0 Å². The minimum absolute atomic E-state index is 0.165. The molecule has 1 saturated heterocycles. The molecule has 1 rings (SSSR count). The molecule has 5 nitrogen and oxygen atoms in total. The Bertz CT molecular complexity index is 353. The summed E-state index contributed by atoms with van der Waals surface area (Å²) in [6.07, 6.45) is 0.236. The molecule has 110 valence electrons. The number of carbonyl (C=O) groups is 2. The van der Waals surface area contributed by atoms with Gasteiger partial charge < -0.3 is 14.7 Å². The summed E-state index contributed by atoms with van der Waals surface area (Å²) < 4.78 is 19.7. The Morgan fingerprint density at radius 1 is 1.37 bits per heavy atom. The van der Waals surface area contributed by atoms with Crippen molar-refractivity contribution >= 4 is 12.1 Å². The van der Waals surface area contributed by atoms with Crippen LogP contribution in [-0.2, 0) is 9.53 Å². The highest BCUT2D eigenvalue weighted by Crippen LogP contribution is 2.29. The number of carbonyl (C=O) groups excluding carboxylic acids is 1. The maximum Gasteiger partial charge on any atom is 0.410 e. The number of carboxylic acid groups (broad SMARTS) is 1. The molecule has 0 bridgehead atoms. The molecule has 0 aromatic heterocycles. The maximum atomic E-state index is 14.5. The number of alkyl halides is 1. The van der Waals surface area contributed by atoms with Gasteiger partial charge in [-0.3, -0.25) is 4.79 Å². The minimum atomic E-state index is -1.86. The van der Waals surface area contributed by atoms with Crippen molar-refractivity contribution in [3.63, 3.8) is 0 Å². The van der Waals surface area contributed by atoms with Crippen LogP contribution in [0.15, 0.2) is 0 Å². The third-order valence-electron chi connectivity index (χ3n) is 2.90. The zero-order chi connectivity index (χ0) is 14.7. The molecular formula is C13H22FNO4. The van der Waals surface area contributed by atoms with Crippen LogP contribution in [0.3, 0.4) is 0 Å². The van der Waals surface area contributed by atoms with Gasteiger partial charge in [0, 0.05) is 6.54 Å². The van der Waals surface area contributed by atoms with Crippen LogP contribution >= 0.6 is 0 Å². The van der Waals surface area contributed by atoms with E-state index in [1.165, 1.54) is 4.90 Å². The predicted molar refractivity (Wildman–Crippen MR) is 67.7 cm³/mol. The van der Waals surface area contributed by atoms with Crippen LogP contribution in [0.25, 0.3) is 0 Å². The average Bonchev–Trinajstić information content (AvgIpc) is 2.36. The van der Waals surface area contributed by atoms with Crippen LogP contribution in [0.2, 0.25) is 0 Å². The Labute approximate surface area is 112 Å². The number of hydrogen-bond acceptors (Lipinski definition) is 3. The monoisotopic (exact) mass is 275 g/mol. The molecular weight excluding hydrogens is 253 g/mol. The van der Waals surface area contributed by atoms with E-state index >= 15 is 0 Å². The predicted octanol–water partition coefficient (Wildman–Crippen LogP) is 2.59. The van der Waals surface area contributed by atoms with E-state index in [1.54, 1.807) is 20.8 Å². The third kappa shape index (κ3) is 5.44. The molecule has 0 aromatic rings. The molecule has 0 saturated carbocycles. The van der Waals surface area contributed by atoms with Crippen LogP contribution < -0.4 is 0 Å². The highest BCUT2D eigenvalue weighted by atomic mass is 19.1. The van der Waals surface area contributed by atoms with Crippen molar-refractivity contribution in [2.45, 2.75) is 57.7 Å².